The van der Waals surface area contributed by atoms with Crippen LogP contribution >= 0.6 is 0 Å². The van der Waals surface area contributed by atoms with Gasteiger partial charge in [0.05, 0.1) is 12.2 Å². The molecule has 1 N–H and O–H groups in total. The quantitative estimate of drug-likeness (QED) is 0.710. The zero-order chi connectivity index (χ0) is 9.26. The van der Waals surface area contributed by atoms with Crippen LogP contribution in [0.4, 0.5) is 10.1 Å². The highest BCUT2D eigenvalue weighted by atomic mass is 19.1. The minimum absolute atomic E-state index is 0.291. The third kappa shape index (κ3) is 1.62. The number of nitrogens with zero attached hydrogens (tertiary/aromatic N) is 1. The maximum absolute atomic E-state index is 12.8. The van der Waals surface area contributed by atoms with E-state index in [2.05, 4.69) is 12.0 Å². The minimum atomic E-state index is -0.291. The van der Waals surface area contributed by atoms with Gasteiger partial charge in [0, 0.05) is 6.07 Å². The van der Waals surface area contributed by atoms with Gasteiger partial charge in [0.15, 0.2) is 0 Å². The summed E-state index contributed by atoms with van der Waals surface area (Å²) in [7, 11) is 0. The first kappa shape index (κ1) is 8.07. The second kappa shape index (κ2) is 3.06. The van der Waals surface area contributed by atoms with Gasteiger partial charge in [0.1, 0.15) is 11.6 Å². The summed E-state index contributed by atoms with van der Waals surface area (Å²) < 4.78 is 12.8. The fourth-order valence-electron chi connectivity index (χ4n) is 1.10. The standard InChI is InChI=1S/C9H9FN2O/c1-7-6-11-12(13-7)9-4-2-3-8(10)5-9/h2-5,11H,1,6H2. The molecule has 0 aliphatic carbocycles. The van der Waals surface area contributed by atoms with Crippen molar-refractivity contribution in [2.75, 3.05) is 11.7 Å². The average molecular weight is 180 g/mol. The van der Waals surface area contributed by atoms with Crippen molar-refractivity contribution in [3.8, 4) is 0 Å². The van der Waals surface area contributed by atoms with Crippen LogP contribution in [0.2, 0.25) is 0 Å². The molecule has 0 unspecified atom stereocenters. The van der Waals surface area contributed by atoms with Crippen molar-refractivity contribution >= 4 is 5.69 Å². The first-order valence-corrected chi connectivity index (χ1v) is 3.90. The van der Waals surface area contributed by atoms with Gasteiger partial charge < -0.3 is 4.84 Å². The number of rotatable bonds is 1. The average Bonchev–Trinajstić information content (AvgIpc) is 2.52. The number of anilines is 1. The molecule has 68 valence electrons. The van der Waals surface area contributed by atoms with E-state index in [0.717, 1.165) is 0 Å². The minimum Gasteiger partial charge on any atom is -0.368 e. The number of hydrogen-bond acceptors (Lipinski definition) is 3. The lowest BCUT2D eigenvalue weighted by molar-refractivity contribution is 0.212. The van der Waals surface area contributed by atoms with Crippen LogP contribution in [0.3, 0.4) is 0 Å². The van der Waals surface area contributed by atoms with Crippen LogP contribution in [-0.4, -0.2) is 6.54 Å². The Morgan fingerprint density at radius 2 is 2.38 bits per heavy atom. The normalized spacial score (nSPS) is 16.1. The molecule has 1 fully saturated rings. The summed E-state index contributed by atoms with van der Waals surface area (Å²) in [5.41, 5.74) is 3.52. The zero-order valence-electron chi connectivity index (χ0n) is 6.96. The fraction of sp³-hybridized carbons (Fsp3) is 0.111. The Morgan fingerprint density at radius 3 is 3.00 bits per heavy atom. The van der Waals surface area contributed by atoms with Gasteiger partial charge in [-0.15, -0.1) is 5.17 Å². The number of benzene rings is 1. The van der Waals surface area contributed by atoms with Crippen LogP contribution in [0.25, 0.3) is 0 Å². The second-order valence-electron chi connectivity index (χ2n) is 2.74. The Balaban J connectivity index is 2.21. The molecule has 1 aliphatic rings. The SMILES string of the molecule is C=C1CNN(c2cccc(F)c2)O1. The van der Waals surface area contributed by atoms with Crippen LogP contribution in [0.15, 0.2) is 36.6 Å². The summed E-state index contributed by atoms with van der Waals surface area (Å²) >= 11 is 0. The summed E-state index contributed by atoms with van der Waals surface area (Å²) in [5.74, 6) is 0.324. The molecule has 0 radical (unpaired) electrons. The monoisotopic (exact) mass is 180 g/mol. The van der Waals surface area contributed by atoms with Crippen molar-refractivity contribution in [3.63, 3.8) is 0 Å². The van der Waals surface area contributed by atoms with Gasteiger partial charge >= 0.3 is 0 Å². The smallest absolute Gasteiger partial charge is 0.142 e. The third-order valence-electron chi connectivity index (χ3n) is 1.68. The number of nitrogens with one attached hydrogen (secondary N) is 1. The van der Waals surface area contributed by atoms with Crippen LogP contribution in [0.5, 0.6) is 0 Å². The van der Waals surface area contributed by atoms with E-state index in [0.29, 0.717) is 18.0 Å². The number of hydrogen-bond donors (Lipinski definition) is 1. The highest BCUT2D eigenvalue weighted by Crippen LogP contribution is 2.18. The Kier molecular flexibility index (Phi) is 1.90. The van der Waals surface area contributed by atoms with Crippen molar-refractivity contribution in [3.05, 3.63) is 42.4 Å². The van der Waals surface area contributed by atoms with Crippen molar-refractivity contribution in [1.29, 1.82) is 0 Å². The molecular weight excluding hydrogens is 171 g/mol. The van der Waals surface area contributed by atoms with E-state index < -0.39 is 0 Å². The van der Waals surface area contributed by atoms with Gasteiger partial charge in [0.2, 0.25) is 0 Å². The summed E-state index contributed by atoms with van der Waals surface area (Å²) in [4.78, 5) is 5.16. The highest BCUT2D eigenvalue weighted by molar-refractivity contribution is 5.43. The molecule has 0 spiro atoms. The predicted molar refractivity (Wildman–Crippen MR) is 47.1 cm³/mol. The molecule has 0 aromatic heterocycles. The first-order valence-electron chi connectivity index (χ1n) is 3.90. The molecule has 0 bridgehead atoms. The maximum Gasteiger partial charge on any atom is 0.142 e. The lowest BCUT2D eigenvalue weighted by Crippen LogP contribution is -2.29. The molecule has 1 saturated heterocycles. The van der Waals surface area contributed by atoms with Crippen molar-refractivity contribution in [2.24, 2.45) is 0 Å². The van der Waals surface area contributed by atoms with E-state index >= 15 is 0 Å². The first-order chi connectivity index (χ1) is 6.25. The maximum atomic E-state index is 12.8. The van der Waals surface area contributed by atoms with Gasteiger partial charge in [-0.3, -0.25) is 0 Å². The van der Waals surface area contributed by atoms with Gasteiger partial charge in [-0.25, -0.2) is 4.39 Å². The Labute approximate surface area is 75.3 Å². The molecule has 1 aromatic rings. The van der Waals surface area contributed by atoms with Crippen LogP contribution in [0, 0.1) is 5.82 Å². The fourth-order valence-corrected chi connectivity index (χ4v) is 1.10. The molecule has 4 heteroatoms. The largest absolute Gasteiger partial charge is 0.368 e. The summed E-state index contributed by atoms with van der Waals surface area (Å²) in [6, 6.07) is 6.13. The van der Waals surface area contributed by atoms with Gasteiger partial charge in [-0.1, -0.05) is 12.6 Å². The second-order valence-corrected chi connectivity index (χ2v) is 2.74. The van der Waals surface area contributed by atoms with Crippen LogP contribution < -0.4 is 10.6 Å². The molecule has 1 heterocycles. The molecule has 13 heavy (non-hydrogen) atoms. The van der Waals surface area contributed by atoms with E-state index in [9.17, 15) is 4.39 Å². The van der Waals surface area contributed by atoms with Gasteiger partial charge in [0.25, 0.3) is 0 Å². The molecule has 0 saturated carbocycles. The Morgan fingerprint density at radius 1 is 1.54 bits per heavy atom. The molecule has 0 amide bonds. The lowest BCUT2D eigenvalue weighted by atomic mass is 10.3. The number of halogens is 1. The zero-order valence-corrected chi connectivity index (χ0v) is 6.96. The summed E-state index contributed by atoms with van der Waals surface area (Å²) in [6.45, 7) is 4.18. The number of hydrazine groups is 1. The van der Waals surface area contributed by atoms with E-state index in [4.69, 9.17) is 4.84 Å². The predicted octanol–water partition coefficient (Wildman–Crippen LogP) is 1.60. The molecule has 1 aliphatic heterocycles. The van der Waals surface area contributed by atoms with Crippen molar-refractivity contribution in [2.45, 2.75) is 0 Å². The lowest BCUT2D eigenvalue weighted by Gasteiger charge is -2.15. The molecule has 0 atom stereocenters. The summed E-state index contributed by atoms with van der Waals surface area (Å²) in [6.07, 6.45) is 0. The van der Waals surface area contributed by atoms with Gasteiger partial charge in [-0.2, -0.15) is 5.43 Å². The van der Waals surface area contributed by atoms with E-state index in [-0.39, 0.29) is 5.82 Å². The molecule has 1 aromatic carbocycles. The van der Waals surface area contributed by atoms with Crippen molar-refractivity contribution < 1.29 is 9.23 Å². The summed E-state index contributed by atoms with van der Waals surface area (Å²) in [5, 5.41) is 1.39. The Bertz CT molecular complexity index is 340. The van der Waals surface area contributed by atoms with Crippen molar-refractivity contribution in [1.82, 2.24) is 5.43 Å². The molecule has 2 rings (SSSR count). The third-order valence-corrected chi connectivity index (χ3v) is 1.68. The van der Waals surface area contributed by atoms with Gasteiger partial charge in [-0.05, 0) is 12.1 Å². The topological polar surface area (TPSA) is 24.5 Å². The Hall–Kier alpha value is -1.55. The van der Waals surface area contributed by atoms with Crippen LogP contribution in [-0.2, 0) is 4.84 Å². The van der Waals surface area contributed by atoms with Crippen LogP contribution in [0.1, 0.15) is 0 Å². The van der Waals surface area contributed by atoms with E-state index in [1.165, 1.54) is 17.3 Å². The van der Waals surface area contributed by atoms with E-state index in [1.807, 2.05) is 0 Å². The van der Waals surface area contributed by atoms with E-state index in [1.54, 1.807) is 12.1 Å². The molecular formula is C9H9FN2O. The molecule has 3 nitrogen and oxygen atoms in total. The highest BCUT2D eigenvalue weighted by Gasteiger charge is 2.16.